The van der Waals surface area contributed by atoms with E-state index in [1.54, 1.807) is 20.2 Å². The first-order valence-corrected chi connectivity index (χ1v) is 4.65. The molecule has 2 N–H and O–H groups in total. The second-order valence-corrected chi connectivity index (χ2v) is 3.12. The molecule has 0 aliphatic rings. The van der Waals surface area contributed by atoms with Gasteiger partial charge in [0.2, 0.25) is 0 Å². The molecule has 4 heteroatoms. The van der Waals surface area contributed by atoms with Crippen LogP contribution in [0.4, 0.5) is 5.82 Å². The quantitative estimate of drug-likeness (QED) is 0.744. The van der Waals surface area contributed by atoms with Crippen molar-refractivity contribution < 1.29 is 9.84 Å². The average Bonchev–Trinajstić information content (AvgIpc) is 2.18. The SMILES string of the molecule is COc1cccnc1NCCC(C)O. The number of anilines is 1. The van der Waals surface area contributed by atoms with Crippen LogP contribution in [-0.2, 0) is 0 Å². The van der Waals surface area contributed by atoms with E-state index in [0.29, 0.717) is 13.0 Å². The summed E-state index contributed by atoms with van der Waals surface area (Å²) in [5.74, 6) is 1.44. The number of aromatic nitrogens is 1. The number of hydrogen-bond donors (Lipinski definition) is 2. The first-order chi connectivity index (χ1) is 6.74. The van der Waals surface area contributed by atoms with Crippen molar-refractivity contribution in [3.05, 3.63) is 18.3 Å². The van der Waals surface area contributed by atoms with Gasteiger partial charge < -0.3 is 15.2 Å². The van der Waals surface area contributed by atoms with Crippen LogP contribution in [0.5, 0.6) is 5.75 Å². The van der Waals surface area contributed by atoms with Crippen molar-refractivity contribution in [3.8, 4) is 5.75 Å². The molecule has 1 rings (SSSR count). The van der Waals surface area contributed by atoms with E-state index >= 15 is 0 Å². The number of methoxy groups -OCH3 is 1. The van der Waals surface area contributed by atoms with Crippen molar-refractivity contribution in [1.29, 1.82) is 0 Å². The normalized spacial score (nSPS) is 12.2. The molecular formula is C10H16N2O2. The van der Waals surface area contributed by atoms with Crippen molar-refractivity contribution in [2.24, 2.45) is 0 Å². The van der Waals surface area contributed by atoms with Gasteiger partial charge in [0.05, 0.1) is 13.2 Å². The topological polar surface area (TPSA) is 54.4 Å². The molecule has 0 saturated heterocycles. The summed E-state index contributed by atoms with van der Waals surface area (Å²) in [4.78, 5) is 4.13. The van der Waals surface area contributed by atoms with Gasteiger partial charge >= 0.3 is 0 Å². The van der Waals surface area contributed by atoms with Gasteiger partial charge in [0.15, 0.2) is 11.6 Å². The van der Waals surface area contributed by atoms with Crippen LogP contribution in [0.2, 0.25) is 0 Å². The molecule has 0 aromatic carbocycles. The Morgan fingerprint density at radius 3 is 3.07 bits per heavy atom. The zero-order valence-corrected chi connectivity index (χ0v) is 8.53. The summed E-state index contributed by atoms with van der Waals surface area (Å²) in [6.45, 7) is 2.45. The number of aliphatic hydroxyl groups is 1. The zero-order valence-electron chi connectivity index (χ0n) is 8.53. The minimum atomic E-state index is -0.294. The van der Waals surface area contributed by atoms with Crippen LogP contribution in [-0.4, -0.2) is 29.8 Å². The fraction of sp³-hybridized carbons (Fsp3) is 0.500. The van der Waals surface area contributed by atoms with Crippen LogP contribution in [0.25, 0.3) is 0 Å². The smallest absolute Gasteiger partial charge is 0.168 e. The average molecular weight is 196 g/mol. The zero-order chi connectivity index (χ0) is 10.4. The Morgan fingerprint density at radius 2 is 2.43 bits per heavy atom. The lowest BCUT2D eigenvalue weighted by Gasteiger charge is -2.10. The van der Waals surface area contributed by atoms with Crippen LogP contribution in [0.15, 0.2) is 18.3 Å². The number of nitrogens with one attached hydrogen (secondary N) is 1. The first kappa shape index (κ1) is 10.8. The van der Waals surface area contributed by atoms with Gasteiger partial charge in [0.25, 0.3) is 0 Å². The van der Waals surface area contributed by atoms with Gasteiger partial charge in [-0.25, -0.2) is 4.98 Å². The molecule has 0 aliphatic carbocycles. The Hall–Kier alpha value is -1.29. The summed E-state index contributed by atoms with van der Waals surface area (Å²) >= 11 is 0. The second-order valence-electron chi connectivity index (χ2n) is 3.12. The van der Waals surface area contributed by atoms with E-state index in [4.69, 9.17) is 9.84 Å². The number of hydrogen-bond acceptors (Lipinski definition) is 4. The van der Waals surface area contributed by atoms with Gasteiger partial charge in [-0.1, -0.05) is 0 Å². The predicted octanol–water partition coefficient (Wildman–Crippen LogP) is 1.27. The Labute approximate surface area is 83.9 Å². The lowest BCUT2D eigenvalue weighted by Crippen LogP contribution is -2.11. The highest BCUT2D eigenvalue weighted by Crippen LogP contribution is 2.19. The molecule has 0 saturated carbocycles. The third-order valence-electron chi connectivity index (χ3n) is 1.85. The Kier molecular flexibility index (Phi) is 4.19. The molecule has 0 aliphatic heterocycles. The van der Waals surface area contributed by atoms with Crippen LogP contribution >= 0.6 is 0 Å². The fourth-order valence-corrected chi connectivity index (χ4v) is 1.09. The molecule has 0 radical (unpaired) electrons. The van der Waals surface area contributed by atoms with Gasteiger partial charge in [-0.2, -0.15) is 0 Å². The van der Waals surface area contributed by atoms with Crippen molar-refractivity contribution in [2.45, 2.75) is 19.4 Å². The second kappa shape index (κ2) is 5.44. The van der Waals surface area contributed by atoms with Gasteiger partial charge in [0.1, 0.15) is 0 Å². The van der Waals surface area contributed by atoms with Crippen LogP contribution in [0.3, 0.4) is 0 Å². The van der Waals surface area contributed by atoms with Gasteiger partial charge in [0, 0.05) is 12.7 Å². The molecule has 1 aromatic rings. The number of ether oxygens (including phenoxy) is 1. The number of nitrogens with zero attached hydrogens (tertiary/aromatic N) is 1. The molecule has 0 fully saturated rings. The maximum atomic E-state index is 9.07. The third kappa shape index (κ3) is 3.22. The summed E-state index contributed by atoms with van der Waals surface area (Å²) in [5.41, 5.74) is 0. The highest BCUT2D eigenvalue weighted by Gasteiger charge is 2.02. The van der Waals surface area contributed by atoms with Crippen molar-refractivity contribution in [1.82, 2.24) is 4.98 Å². The number of pyridine rings is 1. The van der Waals surface area contributed by atoms with Gasteiger partial charge in [-0.15, -0.1) is 0 Å². The molecule has 78 valence electrons. The van der Waals surface area contributed by atoms with Gasteiger partial charge in [-0.3, -0.25) is 0 Å². The largest absolute Gasteiger partial charge is 0.493 e. The summed E-state index contributed by atoms with van der Waals surface area (Å²) in [6.07, 6.45) is 2.10. The standard InChI is InChI=1S/C10H16N2O2/c1-8(13)5-7-12-10-9(14-2)4-3-6-11-10/h3-4,6,8,13H,5,7H2,1-2H3,(H,11,12). The molecule has 1 heterocycles. The van der Waals surface area contributed by atoms with E-state index in [-0.39, 0.29) is 6.10 Å². The molecule has 1 unspecified atom stereocenters. The Balaban J connectivity index is 2.49. The van der Waals surface area contributed by atoms with E-state index < -0.39 is 0 Å². The molecule has 14 heavy (non-hydrogen) atoms. The molecule has 0 spiro atoms. The van der Waals surface area contributed by atoms with Gasteiger partial charge in [-0.05, 0) is 25.5 Å². The highest BCUT2D eigenvalue weighted by molar-refractivity contribution is 5.49. The lowest BCUT2D eigenvalue weighted by atomic mass is 10.3. The van der Waals surface area contributed by atoms with Crippen LogP contribution < -0.4 is 10.1 Å². The number of aliphatic hydroxyl groups excluding tert-OH is 1. The van der Waals surface area contributed by atoms with Crippen molar-refractivity contribution in [3.63, 3.8) is 0 Å². The molecule has 0 bridgehead atoms. The monoisotopic (exact) mass is 196 g/mol. The van der Waals surface area contributed by atoms with E-state index in [9.17, 15) is 0 Å². The maximum absolute atomic E-state index is 9.07. The predicted molar refractivity (Wildman–Crippen MR) is 55.6 cm³/mol. The minimum Gasteiger partial charge on any atom is -0.493 e. The molecule has 1 atom stereocenters. The van der Waals surface area contributed by atoms with Crippen LogP contribution in [0.1, 0.15) is 13.3 Å². The van der Waals surface area contributed by atoms with Crippen molar-refractivity contribution >= 4 is 5.82 Å². The van der Waals surface area contributed by atoms with E-state index in [1.165, 1.54) is 0 Å². The van der Waals surface area contributed by atoms with Crippen LogP contribution in [0, 0.1) is 0 Å². The fourth-order valence-electron chi connectivity index (χ4n) is 1.09. The van der Waals surface area contributed by atoms with E-state index in [2.05, 4.69) is 10.3 Å². The minimum absolute atomic E-state index is 0.294. The molecule has 0 amide bonds. The molecule has 4 nitrogen and oxygen atoms in total. The summed E-state index contributed by atoms with van der Waals surface area (Å²) < 4.78 is 5.12. The maximum Gasteiger partial charge on any atom is 0.168 e. The summed E-state index contributed by atoms with van der Waals surface area (Å²) in [5, 5.41) is 12.2. The Bertz CT molecular complexity index is 277. The van der Waals surface area contributed by atoms with Crippen molar-refractivity contribution in [2.75, 3.05) is 19.0 Å². The molecular weight excluding hydrogens is 180 g/mol. The Morgan fingerprint density at radius 1 is 1.64 bits per heavy atom. The lowest BCUT2D eigenvalue weighted by molar-refractivity contribution is 0.188. The first-order valence-electron chi connectivity index (χ1n) is 4.65. The molecule has 1 aromatic heterocycles. The summed E-state index contributed by atoms with van der Waals surface area (Å²) in [6, 6.07) is 3.66. The number of rotatable bonds is 5. The summed E-state index contributed by atoms with van der Waals surface area (Å²) in [7, 11) is 1.61. The third-order valence-corrected chi connectivity index (χ3v) is 1.85. The van der Waals surface area contributed by atoms with E-state index in [0.717, 1.165) is 11.6 Å². The highest BCUT2D eigenvalue weighted by atomic mass is 16.5. The van der Waals surface area contributed by atoms with E-state index in [1.807, 2.05) is 12.1 Å².